The highest BCUT2D eigenvalue weighted by Gasteiger charge is 2.57. The number of aliphatic imine (C=N–C) groups is 1. The van der Waals surface area contributed by atoms with E-state index in [0.717, 1.165) is 0 Å². The second kappa shape index (κ2) is 11.2. The fourth-order valence-corrected chi connectivity index (χ4v) is 3.10. The molecule has 0 bridgehead atoms. The Morgan fingerprint density at radius 3 is 2.36 bits per heavy atom. The molecule has 2 aromatic rings. The van der Waals surface area contributed by atoms with Crippen molar-refractivity contribution >= 4 is 17.7 Å². The van der Waals surface area contributed by atoms with Gasteiger partial charge in [0.2, 0.25) is 0 Å². The van der Waals surface area contributed by atoms with Gasteiger partial charge >= 0.3 is 6.18 Å². The number of aryl methyl sites for hydroxylation is 1. The van der Waals surface area contributed by atoms with Crippen molar-refractivity contribution in [2.24, 2.45) is 10.1 Å². The first-order valence-corrected chi connectivity index (χ1v) is 10.5. The van der Waals surface area contributed by atoms with E-state index < -0.39 is 23.8 Å². The van der Waals surface area contributed by atoms with Gasteiger partial charge in [-0.15, -0.1) is 0 Å². The van der Waals surface area contributed by atoms with Crippen LogP contribution in [0.3, 0.4) is 0 Å². The van der Waals surface area contributed by atoms with Crippen molar-refractivity contribution in [2.45, 2.75) is 39.0 Å². The lowest BCUT2D eigenvalue weighted by molar-refractivity contribution is -0.264. The number of nitrogens with zero attached hydrogens (tertiary/aromatic N) is 3. The van der Waals surface area contributed by atoms with Crippen molar-refractivity contribution in [1.29, 1.82) is 0 Å². The fourth-order valence-electron chi connectivity index (χ4n) is 3.10. The zero-order valence-electron chi connectivity index (χ0n) is 19.5. The smallest absolute Gasteiger partial charge is 0.421 e. The number of methoxy groups -OCH3 is 1. The Bertz CT molecular complexity index is 978. The lowest BCUT2D eigenvalue weighted by Crippen LogP contribution is -2.44. The molecule has 0 saturated heterocycles. The van der Waals surface area contributed by atoms with E-state index >= 15 is 0 Å². The summed E-state index contributed by atoms with van der Waals surface area (Å²) in [5, 5.41) is 15.0. The molecule has 0 radical (unpaired) electrons. The van der Waals surface area contributed by atoms with E-state index in [1.165, 1.54) is 19.2 Å². The minimum atomic E-state index is -5.03. The standard InChI is InChI=1S/C24H30F3N3O3/c1-6-30(4)16-28-20-14-22(32-5)19(13-17(20)3)23(31,24(25,26)27)15-21(29-33-7-2)18-11-9-8-10-12-18/h8-14,16,31H,6-7,15H2,1-5H3/b28-16?,29-21-. The Morgan fingerprint density at radius 1 is 1.15 bits per heavy atom. The van der Waals surface area contributed by atoms with Gasteiger partial charge in [0.1, 0.15) is 12.4 Å². The van der Waals surface area contributed by atoms with E-state index in [2.05, 4.69) is 10.1 Å². The molecule has 2 aromatic carbocycles. The first kappa shape index (κ1) is 26.2. The van der Waals surface area contributed by atoms with Gasteiger partial charge in [-0.2, -0.15) is 13.2 Å². The first-order chi connectivity index (χ1) is 15.6. The molecule has 1 atom stereocenters. The molecule has 0 saturated carbocycles. The SMILES string of the molecule is CCO/N=C(/CC(O)(c1cc(C)c(N=CN(C)CC)cc1OC)C(F)(F)F)c1ccccc1. The summed E-state index contributed by atoms with van der Waals surface area (Å²) in [5.41, 5.74) is -2.43. The van der Waals surface area contributed by atoms with Gasteiger partial charge in [-0.05, 0) is 38.0 Å². The molecule has 6 nitrogen and oxygen atoms in total. The van der Waals surface area contributed by atoms with Gasteiger partial charge in [0, 0.05) is 31.6 Å². The van der Waals surface area contributed by atoms with Crippen LogP contribution < -0.4 is 4.74 Å². The molecule has 0 aliphatic carbocycles. The molecule has 0 aliphatic rings. The zero-order valence-corrected chi connectivity index (χ0v) is 19.5. The van der Waals surface area contributed by atoms with Gasteiger partial charge in [-0.25, -0.2) is 4.99 Å². The number of ether oxygens (including phenoxy) is 1. The Labute approximate surface area is 192 Å². The Morgan fingerprint density at radius 2 is 1.82 bits per heavy atom. The van der Waals surface area contributed by atoms with Crippen molar-refractivity contribution < 1.29 is 27.9 Å². The Kier molecular flexibility index (Phi) is 8.87. The predicted octanol–water partition coefficient (Wildman–Crippen LogP) is 5.20. The molecule has 0 fully saturated rings. The molecule has 33 heavy (non-hydrogen) atoms. The van der Waals surface area contributed by atoms with Gasteiger partial charge in [-0.3, -0.25) is 0 Å². The number of hydrogen-bond acceptors (Lipinski definition) is 5. The summed E-state index contributed by atoms with van der Waals surface area (Å²) in [6, 6.07) is 11.0. The van der Waals surface area contributed by atoms with Crippen LogP contribution in [0.25, 0.3) is 0 Å². The molecule has 2 rings (SSSR count). The lowest BCUT2D eigenvalue weighted by Gasteiger charge is -2.33. The minimum Gasteiger partial charge on any atom is -0.496 e. The van der Waals surface area contributed by atoms with Crippen LogP contribution in [0.2, 0.25) is 0 Å². The van der Waals surface area contributed by atoms with Crippen LogP contribution in [-0.2, 0) is 10.4 Å². The fraction of sp³-hybridized carbons (Fsp3) is 0.417. The first-order valence-electron chi connectivity index (χ1n) is 10.5. The molecule has 0 heterocycles. The quantitative estimate of drug-likeness (QED) is 0.298. The molecule has 180 valence electrons. The maximum absolute atomic E-state index is 14.4. The number of halogens is 3. The second-order valence-electron chi connectivity index (χ2n) is 7.51. The normalized spacial score (nSPS) is 14.3. The minimum absolute atomic E-state index is 0.0383. The summed E-state index contributed by atoms with van der Waals surface area (Å²) < 4.78 is 48.5. The van der Waals surface area contributed by atoms with Gasteiger partial charge in [0.25, 0.3) is 0 Å². The zero-order chi connectivity index (χ0) is 24.6. The third-order valence-electron chi connectivity index (χ3n) is 5.16. The summed E-state index contributed by atoms with van der Waals surface area (Å²) in [6.07, 6.45) is -4.31. The van der Waals surface area contributed by atoms with E-state index in [1.54, 1.807) is 50.5 Å². The second-order valence-corrected chi connectivity index (χ2v) is 7.51. The largest absolute Gasteiger partial charge is 0.496 e. The van der Waals surface area contributed by atoms with E-state index in [4.69, 9.17) is 9.57 Å². The topological polar surface area (TPSA) is 66.7 Å². The molecular formula is C24H30F3N3O3. The van der Waals surface area contributed by atoms with E-state index in [-0.39, 0.29) is 18.1 Å². The average Bonchev–Trinajstić information content (AvgIpc) is 2.80. The van der Waals surface area contributed by atoms with Crippen molar-refractivity contribution in [3.05, 3.63) is 59.2 Å². The summed E-state index contributed by atoms with van der Waals surface area (Å²) in [6.45, 7) is 6.13. The highest BCUT2D eigenvalue weighted by molar-refractivity contribution is 6.01. The lowest BCUT2D eigenvalue weighted by atomic mass is 9.84. The van der Waals surface area contributed by atoms with Gasteiger partial charge < -0.3 is 19.6 Å². The summed E-state index contributed by atoms with van der Waals surface area (Å²) in [4.78, 5) is 11.2. The molecule has 0 amide bonds. The molecular weight excluding hydrogens is 435 g/mol. The van der Waals surface area contributed by atoms with Gasteiger partial charge in [-0.1, -0.05) is 35.5 Å². The van der Waals surface area contributed by atoms with E-state index in [1.807, 2.05) is 18.9 Å². The molecule has 1 N–H and O–H groups in total. The molecule has 1 unspecified atom stereocenters. The maximum Gasteiger partial charge on any atom is 0.421 e. The highest BCUT2D eigenvalue weighted by Crippen LogP contribution is 2.47. The maximum atomic E-state index is 14.4. The van der Waals surface area contributed by atoms with Crippen LogP contribution in [0, 0.1) is 6.92 Å². The summed E-state index contributed by atoms with van der Waals surface area (Å²) >= 11 is 0. The molecule has 0 aromatic heterocycles. The van der Waals surface area contributed by atoms with Crippen molar-refractivity contribution in [3.63, 3.8) is 0 Å². The average molecular weight is 466 g/mol. The third-order valence-corrected chi connectivity index (χ3v) is 5.16. The monoisotopic (exact) mass is 465 g/mol. The van der Waals surface area contributed by atoms with Crippen LogP contribution >= 0.6 is 0 Å². The van der Waals surface area contributed by atoms with Gasteiger partial charge in [0.15, 0.2) is 5.60 Å². The third kappa shape index (κ3) is 6.25. The van der Waals surface area contributed by atoms with Crippen LogP contribution in [0.4, 0.5) is 18.9 Å². The summed E-state index contributed by atoms with van der Waals surface area (Å²) in [7, 11) is 3.08. The summed E-state index contributed by atoms with van der Waals surface area (Å²) in [5.74, 6) is -0.129. The number of aliphatic hydroxyl groups is 1. The molecule has 0 spiro atoms. The van der Waals surface area contributed by atoms with Crippen LogP contribution in [0.1, 0.15) is 37.0 Å². The van der Waals surface area contributed by atoms with E-state index in [9.17, 15) is 18.3 Å². The number of hydrogen-bond donors (Lipinski definition) is 1. The van der Waals surface area contributed by atoms with Gasteiger partial charge in [0.05, 0.1) is 24.8 Å². The number of benzene rings is 2. The predicted molar refractivity (Wildman–Crippen MR) is 123 cm³/mol. The Hall–Kier alpha value is -3.07. The number of rotatable bonds is 10. The van der Waals surface area contributed by atoms with Crippen molar-refractivity contribution in [1.82, 2.24) is 4.90 Å². The van der Waals surface area contributed by atoms with Crippen LogP contribution in [0.5, 0.6) is 5.75 Å². The van der Waals surface area contributed by atoms with Crippen LogP contribution in [-0.4, -0.2) is 55.5 Å². The molecule has 0 aliphatic heterocycles. The number of oxime groups is 1. The van der Waals surface area contributed by atoms with E-state index in [0.29, 0.717) is 23.4 Å². The van der Waals surface area contributed by atoms with Crippen molar-refractivity contribution in [3.8, 4) is 5.75 Å². The Balaban J connectivity index is 2.63. The molecule has 9 heteroatoms. The van der Waals surface area contributed by atoms with Crippen LogP contribution in [0.15, 0.2) is 52.6 Å². The highest BCUT2D eigenvalue weighted by atomic mass is 19.4. The van der Waals surface area contributed by atoms with Crippen molar-refractivity contribution in [2.75, 3.05) is 27.3 Å². The number of alkyl halides is 3.